The topological polar surface area (TPSA) is 35.2 Å². The van der Waals surface area contributed by atoms with E-state index >= 15 is 0 Å². The first-order valence-electron chi connectivity index (χ1n) is 7.08. The van der Waals surface area contributed by atoms with E-state index in [2.05, 4.69) is 44.2 Å². The maximum absolute atomic E-state index is 6.10. The van der Waals surface area contributed by atoms with Crippen LogP contribution in [0.5, 0.6) is 0 Å². The summed E-state index contributed by atoms with van der Waals surface area (Å²) in [5.41, 5.74) is 11.1. The molecule has 2 nitrogen and oxygen atoms in total. The summed E-state index contributed by atoms with van der Waals surface area (Å²) in [6, 6.07) is 16.8. The third-order valence-corrected chi connectivity index (χ3v) is 3.22. The number of nitrogens with two attached hydrogens (primary N) is 1. The van der Waals surface area contributed by atoms with Crippen LogP contribution in [0.4, 0.5) is 0 Å². The van der Waals surface area contributed by atoms with Crippen molar-refractivity contribution in [3.63, 3.8) is 0 Å². The average molecular weight is 269 g/mol. The lowest BCUT2D eigenvalue weighted by Crippen LogP contribution is -2.28. The minimum atomic E-state index is 0.0447. The van der Waals surface area contributed by atoms with Gasteiger partial charge in [-0.05, 0) is 31.4 Å². The van der Waals surface area contributed by atoms with Crippen molar-refractivity contribution in [3.05, 3.63) is 70.8 Å². The molecule has 106 valence electrons. The number of benzene rings is 2. The number of rotatable bonds is 6. The zero-order valence-electron chi connectivity index (χ0n) is 12.3. The van der Waals surface area contributed by atoms with Crippen LogP contribution in [-0.2, 0) is 17.8 Å². The van der Waals surface area contributed by atoms with E-state index < -0.39 is 0 Å². The molecule has 2 aromatic rings. The fraction of sp³-hybridized carbons (Fsp3) is 0.333. The van der Waals surface area contributed by atoms with Gasteiger partial charge in [0.2, 0.25) is 0 Å². The Kier molecular flexibility index (Phi) is 5.33. The van der Waals surface area contributed by atoms with Gasteiger partial charge in [-0.1, -0.05) is 59.7 Å². The Morgan fingerprint density at radius 1 is 0.950 bits per heavy atom. The standard InChI is InChI=1S/C18H23NO/c1-14-8-15(2)10-17(9-14)12-20-13-18(19)11-16-6-4-3-5-7-16/h3-10,18H,11-13,19H2,1-2H3/t18-/m0/s1. The first kappa shape index (κ1) is 14.8. The highest BCUT2D eigenvalue weighted by Crippen LogP contribution is 2.10. The molecule has 0 spiro atoms. The molecule has 2 N–H and O–H groups in total. The monoisotopic (exact) mass is 269 g/mol. The molecule has 0 saturated heterocycles. The van der Waals surface area contributed by atoms with Crippen LogP contribution in [0.15, 0.2) is 48.5 Å². The molecule has 0 bridgehead atoms. The Hall–Kier alpha value is -1.64. The largest absolute Gasteiger partial charge is 0.375 e. The molecule has 20 heavy (non-hydrogen) atoms. The van der Waals surface area contributed by atoms with Gasteiger partial charge in [-0.15, -0.1) is 0 Å². The number of aryl methyl sites for hydroxylation is 2. The first-order valence-corrected chi connectivity index (χ1v) is 7.08. The second-order valence-electron chi connectivity index (χ2n) is 5.46. The van der Waals surface area contributed by atoms with Crippen LogP contribution in [0, 0.1) is 13.8 Å². The third kappa shape index (κ3) is 4.80. The van der Waals surface area contributed by atoms with Crippen LogP contribution < -0.4 is 5.73 Å². The summed E-state index contributed by atoms with van der Waals surface area (Å²) < 4.78 is 5.74. The minimum absolute atomic E-state index is 0.0447. The molecule has 0 aromatic heterocycles. The molecule has 0 amide bonds. The molecular formula is C18H23NO. The SMILES string of the molecule is Cc1cc(C)cc(COC[C@@H](N)Cc2ccccc2)c1. The van der Waals surface area contributed by atoms with Gasteiger partial charge >= 0.3 is 0 Å². The van der Waals surface area contributed by atoms with Crippen LogP contribution in [0.25, 0.3) is 0 Å². The third-order valence-electron chi connectivity index (χ3n) is 3.22. The quantitative estimate of drug-likeness (QED) is 0.872. The van der Waals surface area contributed by atoms with Gasteiger partial charge in [-0.3, -0.25) is 0 Å². The van der Waals surface area contributed by atoms with E-state index in [0.29, 0.717) is 13.2 Å². The maximum atomic E-state index is 6.10. The van der Waals surface area contributed by atoms with Crippen LogP contribution in [-0.4, -0.2) is 12.6 Å². The van der Waals surface area contributed by atoms with Crippen molar-refractivity contribution in [3.8, 4) is 0 Å². The van der Waals surface area contributed by atoms with Gasteiger partial charge in [-0.2, -0.15) is 0 Å². The van der Waals surface area contributed by atoms with E-state index in [9.17, 15) is 0 Å². The van der Waals surface area contributed by atoms with E-state index in [0.717, 1.165) is 6.42 Å². The molecule has 0 unspecified atom stereocenters. The molecule has 2 aromatic carbocycles. The van der Waals surface area contributed by atoms with Crippen molar-refractivity contribution in [2.75, 3.05) is 6.61 Å². The van der Waals surface area contributed by atoms with Crippen LogP contribution in [0.3, 0.4) is 0 Å². The molecule has 2 rings (SSSR count). The van der Waals surface area contributed by atoms with E-state index in [1.807, 2.05) is 18.2 Å². The van der Waals surface area contributed by atoms with E-state index in [1.54, 1.807) is 0 Å². The highest BCUT2D eigenvalue weighted by molar-refractivity contribution is 5.28. The summed E-state index contributed by atoms with van der Waals surface area (Å²) in [5, 5.41) is 0. The average Bonchev–Trinajstić information content (AvgIpc) is 2.38. The van der Waals surface area contributed by atoms with Gasteiger partial charge in [0.05, 0.1) is 13.2 Å². The van der Waals surface area contributed by atoms with E-state index in [-0.39, 0.29) is 6.04 Å². The van der Waals surface area contributed by atoms with E-state index in [4.69, 9.17) is 10.5 Å². The van der Waals surface area contributed by atoms with Crippen molar-refractivity contribution < 1.29 is 4.74 Å². The first-order chi connectivity index (χ1) is 9.63. The Morgan fingerprint density at radius 3 is 2.25 bits per heavy atom. The Labute approximate surface area is 121 Å². The normalized spacial score (nSPS) is 12.3. The van der Waals surface area contributed by atoms with Crippen LogP contribution in [0.1, 0.15) is 22.3 Å². The van der Waals surface area contributed by atoms with Gasteiger partial charge in [0.15, 0.2) is 0 Å². The summed E-state index contributed by atoms with van der Waals surface area (Å²) in [7, 11) is 0. The number of ether oxygens (including phenoxy) is 1. The highest BCUT2D eigenvalue weighted by Gasteiger charge is 2.04. The summed E-state index contributed by atoms with van der Waals surface area (Å²) in [6.07, 6.45) is 0.855. The van der Waals surface area contributed by atoms with Crippen molar-refractivity contribution in [2.24, 2.45) is 5.73 Å². The van der Waals surface area contributed by atoms with Gasteiger partial charge in [-0.25, -0.2) is 0 Å². The minimum Gasteiger partial charge on any atom is -0.375 e. The predicted octanol–water partition coefficient (Wildman–Crippen LogP) is 3.39. The smallest absolute Gasteiger partial charge is 0.0717 e. The fourth-order valence-corrected chi connectivity index (χ4v) is 2.46. The lowest BCUT2D eigenvalue weighted by molar-refractivity contribution is 0.108. The van der Waals surface area contributed by atoms with Crippen LogP contribution >= 0.6 is 0 Å². The molecule has 0 radical (unpaired) electrons. The van der Waals surface area contributed by atoms with E-state index in [1.165, 1.54) is 22.3 Å². The summed E-state index contributed by atoms with van der Waals surface area (Å²) >= 11 is 0. The second kappa shape index (κ2) is 7.22. The van der Waals surface area contributed by atoms with Gasteiger partial charge in [0, 0.05) is 6.04 Å². The summed E-state index contributed by atoms with van der Waals surface area (Å²) in [6.45, 7) is 5.43. The zero-order chi connectivity index (χ0) is 14.4. The Morgan fingerprint density at radius 2 is 1.60 bits per heavy atom. The summed E-state index contributed by atoms with van der Waals surface area (Å²) in [5.74, 6) is 0. The van der Waals surface area contributed by atoms with Crippen molar-refractivity contribution in [2.45, 2.75) is 32.9 Å². The van der Waals surface area contributed by atoms with Gasteiger partial charge in [0.25, 0.3) is 0 Å². The van der Waals surface area contributed by atoms with Crippen molar-refractivity contribution >= 4 is 0 Å². The zero-order valence-corrected chi connectivity index (χ0v) is 12.3. The number of hydrogen-bond acceptors (Lipinski definition) is 2. The van der Waals surface area contributed by atoms with Crippen molar-refractivity contribution in [1.82, 2.24) is 0 Å². The molecule has 2 heteroatoms. The molecule has 0 saturated carbocycles. The molecule has 0 aliphatic heterocycles. The Bertz CT molecular complexity index is 516. The lowest BCUT2D eigenvalue weighted by atomic mass is 10.1. The fourth-order valence-electron chi connectivity index (χ4n) is 2.46. The predicted molar refractivity (Wildman–Crippen MR) is 83.7 cm³/mol. The number of hydrogen-bond donors (Lipinski definition) is 1. The molecule has 1 atom stereocenters. The molecule has 0 aliphatic rings. The lowest BCUT2D eigenvalue weighted by Gasteiger charge is -2.13. The van der Waals surface area contributed by atoms with Gasteiger partial charge in [0.1, 0.15) is 0 Å². The van der Waals surface area contributed by atoms with Gasteiger partial charge < -0.3 is 10.5 Å². The molecule has 0 fully saturated rings. The van der Waals surface area contributed by atoms with Crippen molar-refractivity contribution in [1.29, 1.82) is 0 Å². The maximum Gasteiger partial charge on any atom is 0.0717 e. The molecular weight excluding hydrogens is 246 g/mol. The molecule has 0 aliphatic carbocycles. The Balaban J connectivity index is 1.78. The molecule has 0 heterocycles. The highest BCUT2D eigenvalue weighted by atomic mass is 16.5. The van der Waals surface area contributed by atoms with Crippen LogP contribution in [0.2, 0.25) is 0 Å². The second-order valence-corrected chi connectivity index (χ2v) is 5.46. The summed E-state index contributed by atoms with van der Waals surface area (Å²) in [4.78, 5) is 0.